The van der Waals surface area contributed by atoms with Gasteiger partial charge in [-0.1, -0.05) is 35.3 Å². The number of rotatable bonds is 4. The topological polar surface area (TPSA) is 17.1 Å². The Morgan fingerprint density at radius 1 is 1.16 bits per heavy atom. The summed E-state index contributed by atoms with van der Waals surface area (Å²) in [6.45, 7) is 0. The minimum absolute atomic E-state index is 0.0568. The molecule has 19 heavy (non-hydrogen) atoms. The van der Waals surface area contributed by atoms with Gasteiger partial charge in [-0.3, -0.25) is 4.79 Å². The SMILES string of the molecule is O=C(CSc1cccc(Cl)c1)c1c(F)cccc1Cl. The van der Waals surface area contributed by atoms with Crippen LogP contribution < -0.4 is 0 Å². The van der Waals surface area contributed by atoms with Crippen molar-refractivity contribution in [3.63, 3.8) is 0 Å². The number of carbonyl (C=O) groups excluding carboxylic acids is 1. The van der Waals surface area contributed by atoms with Crippen LogP contribution in [0.15, 0.2) is 47.4 Å². The Hall–Kier alpha value is -1.03. The van der Waals surface area contributed by atoms with Crippen molar-refractivity contribution in [3.05, 3.63) is 63.9 Å². The molecule has 0 atom stereocenters. The van der Waals surface area contributed by atoms with E-state index in [1.54, 1.807) is 18.2 Å². The molecule has 2 aromatic carbocycles. The average Bonchev–Trinajstić information content (AvgIpc) is 2.36. The Kier molecular flexibility index (Phi) is 4.86. The predicted molar refractivity (Wildman–Crippen MR) is 77.9 cm³/mol. The van der Waals surface area contributed by atoms with Crippen LogP contribution in [0.2, 0.25) is 10.0 Å². The first-order valence-corrected chi connectivity index (χ1v) is 7.17. The summed E-state index contributed by atoms with van der Waals surface area (Å²) >= 11 is 13.0. The van der Waals surface area contributed by atoms with Crippen molar-refractivity contribution in [2.45, 2.75) is 4.90 Å². The van der Waals surface area contributed by atoms with E-state index in [1.165, 1.54) is 30.0 Å². The lowest BCUT2D eigenvalue weighted by molar-refractivity contribution is 0.101. The van der Waals surface area contributed by atoms with Gasteiger partial charge in [-0.25, -0.2) is 4.39 Å². The number of halogens is 3. The summed E-state index contributed by atoms with van der Waals surface area (Å²) in [5, 5.41) is 0.734. The molecule has 0 aliphatic rings. The average molecular weight is 315 g/mol. The van der Waals surface area contributed by atoms with Gasteiger partial charge in [0.2, 0.25) is 0 Å². The predicted octanol–water partition coefficient (Wildman–Crippen LogP) is 5.11. The Balaban J connectivity index is 2.10. The summed E-state index contributed by atoms with van der Waals surface area (Å²) in [5.41, 5.74) is -0.0568. The van der Waals surface area contributed by atoms with Crippen molar-refractivity contribution >= 4 is 40.7 Å². The van der Waals surface area contributed by atoms with Crippen LogP contribution in [0.4, 0.5) is 4.39 Å². The Labute approximate surface area is 124 Å². The van der Waals surface area contributed by atoms with E-state index in [9.17, 15) is 9.18 Å². The lowest BCUT2D eigenvalue weighted by atomic mass is 10.1. The minimum Gasteiger partial charge on any atom is -0.293 e. The maximum atomic E-state index is 13.6. The zero-order chi connectivity index (χ0) is 13.8. The highest BCUT2D eigenvalue weighted by Gasteiger charge is 2.15. The van der Waals surface area contributed by atoms with E-state index in [0.717, 1.165) is 4.90 Å². The van der Waals surface area contributed by atoms with E-state index >= 15 is 0 Å². The lowest BCUT2D eigenvalue weighted by Crippen LogP contribution is -2.06. The molecule has 0 unspecified atom stereocenters. The third kappa shape index (κ3) is 3.72. The van der Waals surface area contributed by atoms with Crippen LogP contribution in [0.5, 0.6) is 0 Å². The van der Waals surface area contributed by atoms with Gasteiger partial charge in [-0.05, 0) is 30.3 Å². The molecule has 1 nitrogen and oxygen atoms in total. The molecule has 0 saturated heterocycles. The van der Waals surface area contributed by atoms with Gasteiger partial charge in [-0.2, -0.15) is 0 Å². The molecule has 2 rings (SSSR count). The molecule has 0 amide bonds. The van der Waals surface area contributed by atoms with Crippen LogP contribution in [-0.2, 0) is 0 Å². The van der Waals surface area contributed by atoms with Crippen molar-refractivity contribution in [2.75, 3.05) is 5.75 Å². The van der Waals surface area contributed by atoms with Crippen molar-refractivity contribution < 1.29 is 9.18 Å². The molecule has 0 radical (unpaired) electrons. The van der Waals surface area contributed by atoms with Gasteiger partial charge in [0, 0.05) is 9.92 Å². The van der Waals surface area contributed by atoms with Crippen molar-refractivity contribution in [2.24, 2.45) is 0 Å². The number of thioether (sulfide) groups is 1. The molecule has 2 aromatic rings. The fourth-order valence-electron chi connectivity index (χ4n) is 1.54. The maximum absolute atomic E-state index is 13.6. The Bertz CT molecular complexity index is 596. The summed E-state index contributed by atoms with van der Waals surface area (Å²) in [7, 11) is 0. The monoisotopic (exact) mass is 314 g/mol. The quantitative estimate of drug-likeness (QED) is 0.576. The highest BCUT2D eigenvalue weighted by atomic mass is 35.5. The van der Waals surface area contributed by atoms with Gasteiger partial charge in [0.25, 0.3) is 0 Å². The molecule has 0 spiro atoms. The highest BCUT2D eigenvalue weighted by Crippen LogP contribution is 2.25. The first kappa shape index (κ1) is 14.4. The van der Waals surface area contributed by atoms with Crippen LogP contribution in [0.25, 0.3) is 0 Å². The number of benzene rings is 2. The molecule has 0 heterocycles. The maximum Gasteiger partial charge on any atom is 0.177 e. The molecular weight excluding hydrogens is 306 g/mol. The van der Waals surface area contributed by atoms with Crippen LogP contribution in [0.1, 0.15) is 10.4 Å². The third-order valence-corrected chi connectivity index (χ3v) is 3.95. The van der Waals surface area contributed by atoms with E-state index in [-0.39, 0.29) is 22.1 Å². The second kappa shape index (κ2) is 6.42. The number of ketones is 1. The van der Waals surface area contributed by atoms with Gasteiger partial charge in [0.15, 0.2) is 5.78 Å². The molecule has 0 aromatic heterocycles. The third-order valence-electron chi connectivity index (χ3n) is 2.41. The number of hydrogen-bond acceptors (Lipinski definition) is 2. The van der Waals surface area contributed by atoms with Gasteiger partial charge >= 0.3 is 0 Å². The van der Waals surface area contributed by atoms with E-state index in [2.05, 4.69) is 0 Å². The molecule has 0 N–H and O–H groups in total. The molecule has 0 fully saturated rings. The summed E-state index contributed by atoms with van der Waals surface area (Å²) in [4.78, 5) is 12.8. The van der Waals surface area contributed by atoms with Crippen molar-refractivity contribution in [1.82, 2.24) is 0 Å². The minimum atomic E-state index is -0.593. The van der Waals surface area contributed by atoms with E-state index < -0.39 is 5.82 Å². The standard InChI is InChI=1S/C14H9Cl2FOS/c15-9-3-1-4-10(7-9)19-8-13(18)14-11(16)5-2-6-12(14)17/h1-7H,8H2. The molecule has 0 aliphatic carbocycles. The lowest BCUT2D eigenvalue weighted by Gasteiger charge is -2.05. The van der Waals surface area contributed by atoms with Crippen molar-refractivity contribution in [1.29, 1.82) is 0 Å². The summed E-state index contributed by atoms with van der Waals surface area (Å²) in [5.74, 6) is -0.821. The Morgan fingerprint density at radius 2 is 1.89 bits per heavy atom. The number of Topliss-reactive ketones (excluding diaryl/α,β-unsaturated/α-hetero) is 1. The molecule has 98 valence electrons. The molecule has 0 bridgehead atoms. The largest absolute Gasteiger partial charge is 0.293 e. The van der Waals surface area contributed by atoms with Crippen LogP contribution in [0, 0.1) is 5.82 Å². The highest BCUT2D eigenvalue weighted by molar-refractivity contribution is 8.00. The number of carbonyl (C=O) groups is 1. The van der Waals surface area contributed by atoms with E-state index in [0.29, 0.717) is 5.02 Å². The first-order chi connectivity index (χ1) is 9.08. The van der Waals surface area contributed by atoms with Crippen LogP contribution >= 0.6 is 35.0 Å². The van der Waals surface area contributed by atoms with Crippen LogP contribution in [-0.4, -0.2) is 11.5 Å². The second-order valence-corrected chi connectivity index (χ2v) is 5.66. The van der Waals surface area contributed by atoms with E-state index in [4.69, 9.17) is 23.2 Å². The molecule has 0 saturated carbocycles. The number of hydrogen-bond donors (Lipinski definition) is 0. The zero-order valence-electron chi connectivity index (χ0n) is 9.70. The van der Waals surface area contributed by atoms with Gasteiger partial charge in [-0.15, -0.1) is 11.8 Å². The second-order valence-electron chi connectivity index (χ2n) is 3.77. The fourth-order valence-corrected chi connectivity index (χ4v) is 2.89. The molecule has 5 heteroatoms. The fraction of sp³-hybridized carbons (Fsp3) is 0.0714. The van der Waals surface area contributed by atoms with Gasteiger partial charge < -0.3 is 0 Å². The molecular formula is C14H9Cl2FOS. The summed E-state index contributed by atoms with van der Waals surface area (Å²) in [6.07, 6.45) is 0. The van der Waals surface area contributed by atoms with Crippen LogP contribution in [0.3, 0.4) is 0 Å². The normalized spacial score (nSPS) is 10.5. The van der Waals surface area contributed by atoms with Crippen molar-refractivity contribution in [3.8, 4) is 0 Å². The van der Waals surface area contributed by atoms with E-state index in [1.807, 2.05) is 6.07 Å². The van der Waals surface area contributed by atoms with Gasteiger partial charge in [0.1, 0.15) is 5.82 Å². The van der Waals surface area contributed by atoms with Gasteiger partial charge in [0.05, 0.1) is 16.3 Å². The zero-order valence-corrected chi connectivity index (χ0v) is 12.0. The molecule has 0 aliphatic heterocycles. The summed E-state index contributed by atoms with van der Waals surface area (Å²) in [6, 6.07) is 11.3. The Morgan fingerprint density at radius 3 is 2.58 bits per heavy atom. The first-order valence-electron chi connectivity index (χ1n) is 5.43. The smallest absolute Gasteiger partial charge is 0.177 e. The summed E-state index contributed by atoms with van der Waals surface area (Å²) < 4.78 is 13.6.